The lowest BCUT2D eigenvalue weighted by Crippen LogP contribution is -2.55. The Morgan fingerprint density at radius 3 is 1.47 bits per heavy atom. The SMILES string of the molecule is CCCCCCCCC/C=C\CCCCCCCC(=O)OC(COCCC(C(=O)[O-])[N+](C)(C)C)COC(=O)CCCCCCCCCCC. The van der Waals surface area contributed by atoms with Crippen molar-refractivity contribution in [3.05, 3.63) is 12.2 Å². The highest BCUT2D eigenvalue weighted by Crippen LogP contribution is 2.14. The highest BCUT2D eigenvalue weighted by molar-refractivity contribution is 5.70. The number of nitrogens with zero attached hydrogens (tertiary/aromatic N) is 1. The predicted octanol–water partition coefficient (Wildman–Crippen LogP) is 9.02. The summed E-state index contributed by atoms with van der Waals surface area (Å²) in [6.07, 6.45) is 32.3. The van der Waals surface area contributed by atoms with Crippen LogP contribution in [-0.2, 0) is 28.6 Å². The Balaban J connectivity index is 4.36. The molecule has 0 aliphatic rings. The first-order chi connectivity index (χ1) is 23.6. The van der Waals surface area contributed by atoms with Gasteiger partial charge in [-0.3, -0.25) is 9.59 Å². The molecule has 0 aromatic rings. The zero-order valence-electron chi connectivity index (χ0n) is 32.6. The minimum Gasteiger partial charge on any atom is -0.544 e. The summed E-state index contributed by atoms with van der Waals surface area (Å²) < 4.78 is 17.1. The van der Waals surface area contributed by atoms with Crippen LogP contribution in [0.2, 0.25) is 0 Å². The Bertz CT molecular complexity index is 823. The summed E-state index contributed by atoms with van der Waals surface area (Å²) in [5, 5.41) is 11.6. The van der Waals surface area contributed by atoms with Crippen LogP contribution in [0.4, 0.5) is 0 Å². The molecule has 0 rings (SSSR count). The number of allylic oxidation sites excluding steroid dienone is 2. The lowest BCUT2D eigenvalue weighted by molar-refractivity contribution is -0.889. The first kappa shape index (κ1) is 47.1. The Labute approximate surface area is 301 Å². The third-order valence-corrected chi connectivity index (χ3v) is 9.15. The van der Waals surface area contributed by atoms with E-state index in [1.165, 1.54) is 96.3 Å². The molecule has 0 saturated carbocycles. The van der Waals surface area contributed by atoms with Gasteiger partial charge in [-0.1, -0.05) is 135 Å². The molecule has 0 bridgehead atoms. The molecule has 0 spiro atoms. The van der Waals surface area contributed by atoms with Crippen molar-refractivity contribution >= 4 is 17.9 Å². The van der Waals surface area contributed by atoms with Crippen molar-refractivity contribution in [2.75, 3.05) is 41.0 Å². The standard InChI is InChI=1S/C41H77NO7/c1-6-8-10-12-14-16-17-18-19-20-21-22-24-26-28-30-32-40(44)49-37(35-47-34-33-38(41(45)46)42(3,4)5)36-48-39(43)31-29-27-25-23-15-13-11-9-7-2/h19-20,37-38H,6-18,21-36H2,1-5H3/b20-19-. The van der Waals surface area contributed by atoms with Crippen molar-refractivity contribution in [1.82, 2.24) is 0 Å². The number of carboxylic acids is 1. The quantitative estimate of drug-likeness (QED) is 0.0279. The van der Waals surface area contributed by atoms with Crippen LogP contribution in [0.25, 0.3) is 0 Å². The largest absolute Gasteiger partial charge is 0.544 e. The summed E-state index contributed by atoms with van der Waals surface area (Å²) in [6.45, 7) is 4.63. The summed E-state index contributed by atoms with van der Waals surface area (Å²) in [5.41, 5.74) is 0. The van der Waals surface area contributed by atoms with Crippen LogP contribution in [0, 0.1) is 0 Å². The molecule has 0 amide bonds. The maximum Gasteiger partial charge on any atom is 0.306 e. The second-order valence-corrected chi connectivity index (χ2v) is 14.9. The summed E-state index contributed by atoms with van der Waals surface area (Å²) in [6, 6.07) is -0.721. The van der Waals surface area contributed by atoms with E-state index in [-0.39, 0.29) is 42.7 Å². The highest BCUT2D eigenvalue weighted by atomic mass is 16.6. The van der Waals surface area contributed by atoms with Crippen molar-refractivity contribution in [2.45, 2.75) is 193 Å². The number of carbonyl (C=O) groups is 3. The fourth-order valence-electron chi connectivity index (χ4n) is 5.95. The van der Waals surface area contributed by atoms with Crippen LogP contribution in [0.5, 0.6) is 0 Å². The molecular formula is C41H77NO7. The third kappa shape index (κ3) is 31.8. The molecule has 0 N–H and O–H groups in total. The summed E-state index contributed by atoms with van der Waals surface area (Å²) >= 11 is 0. The number of carbonyl (C=O) groups excluding carboxylic acids is 3. The van der Waals surface area contributed by atoms with E-state index in [0.717, 1.165) is 51.4 Å². The molecule has 0 radical (unpaired) electrons. The Hall–Kier alpha value is -1.93. The van der Waals surface area contributed by atoms with Gasteiger partial charge in [0.15, 0.2) is 6.10 Å². The number of rotatable bonds is 36. The van der Waals surface area contributed by atoms with E-state index in [1.54, 1.807) is 21.1 Å². The van der Waals surface area contributed by atoms with Crippen LogP contribution in [0.1, 0.15) is 181 Å². The first-order valence-corrected chi connectivity index (χ1v) is 20.2. The Morgan fingerprint density at radius 2 is 1.02 bits per heavy atom. The van der Waals surface area contributed by atoms with Crippen LogP contribution in [0.15, 0.2) is 12.2 Å². The van der Waals surface area contributed by atoms with Gasteiger partial charge in [0.05, 0.1) is 40.3 Å². The molecule has 0 aromatic heterocycles. The molecule has 49 heavy (non-hydrogen) atoms. The number of likely N-dealkylation sites (N-methyl/N-ethyl adjacent to an activating group) is 1. The van der Waals surface area contributed by atoms with Gasteiger partial charge in [-0.25, -0.2) is 0 Å². The number of unbranched alkanes of at least 4 members (excludes halogenated alkanes) is 20. The number of esters is 2. The molecule has 288 valence electrons. The molecule has 0 aliphatic heterocycles. The minimum atomic E-state index is -1.13. The average molecular weight is 696 g/mol. The van der Waals surface area contributed by atoms with Gasteiger partial charge in [0.1, 0.15) is 12.6 Å². The smallest absolute Gasteiger partial charge is 0.306 e. The van der Waals surface area contributed by atoms with Gasteiger partial charge in [0, 0.05) is 19.3 Å². The number of hydrogen-bond donors (Lipinski definition) is 0. The van der Waals surface area contributed by atoms with Gasteiger partial charge in [-0.2, -0.15) is 0 Å². The van der Waals surface area contributed by atoms with Crippen molar-refractivity contribution in [3.63, 3.8) is 0 Å². The number of quaternary nitrogens is 1. The van der Waals surface area contributed by atoms with Crippen LogP contribution in [0.3, 0.4) is 0 Å². The van der Waals surface area contributed by atoms with Gasteiger partial charge in [-0.05, 0) is 38.5 Å². The molecule has 0 aliphatic carbocycles. The molecule has 0 heterocycles. The van der Waals surface area contributed by atoms with Crippen LogP contribution >= 0.6 is 0 Å². The number of carboxylic acid groups (broad SMARTS) is 1. The topological polar surface area (TPSA) is 102 Å². The van der Waals surface area contributed by atoms with E-state index in [9.17, 15) is 19.5 Å². The molecule has 8 nitrogen and oxygen atoms in total. The average Bonchev–Trinajstić information content (AvgIpc) is 3.05. The number of hydrogen-bond acceptors (Lipinski definition) is 7. The van der Waals surface area contributed by atoms with E-state index < -0.39 is 18.1 Å². The molecule has 2 unspecified atom stereocenters. The molecule has 0 fully saturated rings. The monoisotopic (exact) mass is 696 g/mol. The predicted molar refractivity (Wildman–Crippen MR) is 199 cm³/mol. The van der Waals surface area contributed by atoms with Gasteiger partial charge in [-0.15, -0.1) is 0 Å². The Kier molecular flexibility index (Phi) is 31.9. The van der Waals surface area contributed by atoms with E-state index in [2.05, 4.69) is 26.0 Å². The molecule has 8 heteroatoms. The second kappa shape index (κ2) is 33.2. The van der Waals surface area contributed by atoms with Crippen molar-refractivity contribution in [2.24, 2.45) is 0 Å². The minimum absolute atomic E-state index is 0.0421. The zero-order chi connectivity index (χ0) is 36.4. The molecular weight excluding hydrogens is 618 g/mol. The molecule has 0 aromatic carbocycles. The number of aliphatic carboxylic acids is 1. The van der Waals surface area contributed by atoms with Crippen LogP contribution < -0.4 is 5.11 Å². The van der Waals surface area contributed by atoms with Crippen LogP contribution in [-0.4, -0.2) is 75.5 Å². The lowest BCUT2D eigenvalue weighted by Gasteiger charge is -2.34. The summed E-state index contributed by atoms with van der Waals surface area (Å²) in [5.74, 6) is -1.74. The van der Waals surface area contributed by atoms with Crippen molar-refractivity contribution in [1.29, 1.82) is 0 Å². The fourth-order valence-corrected chi connectivity index (χ4v) is 5.95. The fraction of sp³-hybridized carbons (Fsp3) is 0.878. The van der Waals surface area contributed by atoms with E-state index in [4.69, 9.17) is 14.2 Å². The van der Waals surface area contributed by atoms with E-state index >= 15 is 0 Å². The van der Waals surface area contributed by atoms with Crippen molar-refractivity contribution in [3.8, 4) is 0 Å². The van der Waals surface area contributed by atoms with Gasteiger partial charge in [0.25, 0.3) is 0 Å². The first-order valence-electron chi connectivity index (χ1n) is 20.2. The van der Waals surface area contributed by atoms with Gasteiger partial charge < -0.3 is 28.6 Å². The van der Waals surface area contributed by atoms with Gasteiger partial charge >= 0.3 is 11.9 Å². The second-order valence-electron chi connectivity index (χ2n) is 14.9. The lowest BCUT2D eigenvalue weighted by atomic mass is 10.1. The Morgan fingerprint density at radius 1 is 0.592 bits per heavy atom. The molecule has 0 saturated heterocycles. The maximum absolute atomic E-state index is 12.6. The summed E-state index contributed by atoms with van der Waals surface area (Å²) in [7, 11) is 5.40. The van der Waals surface area contributed by atoms with E-state index in [0.29, 0.717) is 12.8 Å². The third-order valence-electron chi connectivity index (χ3n) is 9.15. The highest BCUT2D eigenvalue weighted by Gasteiger charge is 2.25. The summed E-state index contributed by atoms with van der Waals surface area (Å²) in [4.78, 5) is 36.6. The van der Waals surface area contributed by atoms with Crippen molar-refractivity contribution < 1.29 is 38.2 Å². The number of ether oxygens (including phenoxy) is 3. The normalized spacial score (nSPS) is 13.1. The van der Waals surface area contributed by atoms with E-state index in [1.807, 2.05) is 0 Å². The zero-order valence-corrected chi connectivity index (χ0v) is 32.6. The van der Waals surface area contributed by atoms with Gasteiger partial charge in [0.2, 0.25) is 0 Å². The molecule has 2 atom stereocenters. The maximum atomic E-state index is 12.6.